The van der Waals surface area contributed by atoms with Gasteiger partial charge in [0.25, 0.3) is 0 Å². The van der Waals surface area contributed by atoms with Crippen molar-refractivity contribution < 1.29 is 0 Å². The van der Waals surface area contributed by atoms with Crippen LogP contribution in [0.3, 0.4) is 0 Å². The second-order valence-corrected chi connectivity index (χ2v) is 5.86. The number of benzene rings is 2. The first-order valence-electron chi connectivity index (χ1n) is 6.71. The number of nitrogens with zero attached hydrogens (tertiary/aromatic N) is 2. The van der Waals surface area contributed by atoms with Gasteiger partial charge in [0.15, 0.2) is 0 Å². The zero-order valence-electron chi connectivity index (χ0n) is 11.1. The van der Waals surface area contributed by atoms with Crippen molar-refractivity contribution in [2.75, 3.05) is 0 Å². The Hall–Kier alpha value is -2.26. The number of aromatic nitrogens is 2. The van der Waals surface area contributed by atoms with E-state index in [-0.39, 0.29) is 0 Å². The second kappa shape index (κ2) is 4.93. The van der Waals surface area contributed by atoms with Gasteiger partial charge in [0.1, 0.15) is 0 Å². The monoisotopic (exact) mass is 334 g/mol. The molecule has 0 amide bonds. The Bertz CT molecular complexity index is 958. The van der Waals surface area contributed by atoms with Gasteiger partial charge in [0.05, 0.1) is 11.0 Å². The minimum atomic E-state index is 0.897. The van der Waals surface area contributed by atoms with E-state index in [0.717, 1.165) is 21.1 Å². The predicted molar refractivity (Wildman–Crippen MR) is 90.2 cm³/mol. The quantitative estimate of drug-likeness (QED) is 0.477. The van der Waals surface area contributed by atoms with E-state index in [1.807, 2.05) is 12.3 Å². The summed E-state index contributed by atoms with van der Waals surface area (Å²) >= 11 is 3.43. The standard InChI is InChI=1S/C18H11BrN2/c19-14-9-18-17(21-11-14)8-13(10-20-18)16-7-3-5-12-4-1-2-6-15(12)16/h1-11H. The van der Waals surface area contributed by atoms with Crippen LogP contribution in [0.25, 0.3) is 32.9 Å². The molecule has 4 rings (SSSR count). The molecule has 2 heterocycles. The van der Waals surface area contributed by atoms with Gasteiger partial charge in [-0.1, -0.05) is 42.5 Å². The minimum absolute atomic E-state index is 0.897. The van der Waals surface area contributed by atoms with Crippen LogP contribution in [0, 0.1) is 0 Å². The molecule has 0 aliphatic rings. The highest BCUT2D eigenvalue weighted by Crippen LogP contribution is 2.29. The molecular formula is C18H11BrN2. The van der Waals surface area contributed by atoms with E-state index < -0.39 is 0 Å². The van der Waals surface area contributed by atoms with Crippen LogP contribution in [0.1, 0.15) is 0 Å². The molecule has 2 nitrogen and oxygen atoms in total. The van der Waals surface area contributed by atoms with Crippen molar-refractivity contribution in [2.45, 2.75) is 0 Å². The summed E-state index contributed by atoms with van der Waals surface area (Å²) in [5.74, 6) is 0. The molecule has 0 atom stereocenters. The molecule has 0 bridgehead atoms. The Labute approximate surface area is 130 Å². The molecule has 0 aliphatic heterocycles. The molecule has 100 valence electrons. The van der Waals surface area contributed by atoms with Crippen LogP contribution in [0.15, 0.2) is 71.5 Å². The Morgan fingerprint density at radius 3 is 2.48 bits per heavy atom. The maximum Gasteiger partial charge on any atom is 0.0898 e. The molecule has 4 aromatic rings. The number of rotatable bonds is 1. The smallest absolute Gasteiger partial charge is 0.0898 e. The van der Waals surface area contributed by atoms with Gasteiger partial charge in [-0.3, -0.25) is 9.97 Å². The molecule has 0 unspecified atom stereocenters. The van der Waals surface area contributed by atoms with Crippen LogP contribution in [0.2, 0.25) is 0 Å². The summed E-state index contributed by atoms with van der Waals surface area (Å²) in [5, 5.41) is 2.47. The van der Waals surface area contributed by atoms with Crippen molar-refractivity contribution in [1.82, 2.24) is 9.97 Å². The Morgan fingerprint density at radius 1 is 0.762 bits per heavy atom. The van der Waals surface area contributed by atoms with E-state index in [9.17, 15) is 0 Å². The van der Waals surface area contributed by atoms with E-state index in [1.165, 1.54) is 16.3 Å². The van der Waals surface area contributed by atoms with E-state index in [4.69, 9.17) is 0 Å². The third-order valence-corrected chi connectivity index (χ3v) is 4.03. The molecule has 0 aliphatic carbocycles. The highest BCUT2D eigenvalue weighted by molar-refractivity contribution is 9.10. The summed E-state index contributed by atoms with van der Waals surface area (Å²) < 4.78 is 0.945. The van der Waals surface area contributed by atoms with Crippen molar-refractivity contribution in [3.05, 3.63) is 71.5 Å². The van der Waals surface area contributed by atoms with E-state index in [2.05, 4.69) is 74.4 Å². The zero-order valence-corrected chi connectivity index (χ0v) is 12.7. The van der Waals surface area contributed by atoms with Gasteiger partial charge < -0.3 is 0 Å². The minimum Gasteiger partial charge on any atom is -0.254 e. The van der Waals surface area contributed by atoms with Crippen LogP contribution in [-0.4, -0.2) is 9.97 Å². The predicted octanol–water partition coefficient (Wildman–Crippen LogP) is 5.21. The molecule has 0 radical (unpaired) electrons. The third kappa shape index (κ3) is 2.20. The maximum atomic E-state index is 4.53. The number of fused-ring (bicyclic) bond motifs is 2. The van der Waals surface area contributed by atoms with Gasteiger partial charge >= 0.3 is 0 Å². The summed E-state index contributed by atoms with van der Waals surface area (Å²) in [6.45, 7) is 0. The van der Waals surface area contributed by atoms with E-state index >= 15 is 0 Å². The fourth-order valence-electron chi connectivity index (χ4n) is 2.60. The molecule has 0 fully saturated rings. The van der Waals surface area contributed by atoms with Crippen molar-refractivity contribution in [3.63, 3.8) is 0 Å². The van der Waals surface area contributed by atoms with Gasteiger partial charge in [-0.05, 0) is 44.4 Å². The first kappa shape index (κ1) is 12.5. The molecule has 2 aromatic heterocycles. The molecule has 0 saturated heterocycles. The lowest BCUT2D eigenvalue weighted by Crippen LogP contribution is -1.87. The SMILES string of the molecule is Brc1cnc2cc(-c3cccc4ccccc34)cnc2c1. The van der Waals surface area contributed by atoms with Gasteiger partial charge in [-0.15, -0.1) is 0 Å². The fourth-order valence-corrected chi connectivity index (χ4v) is 2.92. The molecule has 3 heteroatoms. The number of hydrogen-bond acceptors (Lipinski definition) is 2. The number of halogens is 1. The van der Waals surface area contributed by atoms with Crippen LogP contribution in [0.4, 0.5) is 0 Å². The van der Waals surface area contributed by atoms with E-state index in [1.54, 1.807) is 6.20 Å². The van der Waals surface area contributed by atoms with Crippen LogP contribution in [0.5, 0.6) is 0 Å². The van der Waals surface area contributed by atoms with Crippen molar-refractivity contribution in [2.24, 2.45) is 0 Å². The molecule has 0 saturated carbocycles. The lowest BCUT2D eigenvalue weighted by molar-refractivity contribution is 1.32. The molecule has 2 aromatic carbocycles. The second-order valence-electron chi connectivity index (χ2n) is 4.94. The van der Waals surface area contributed by atoms with E-state index in [0.29, 0.717) is 0 Å². The Balaban J connectivity index is 1.98. The number of pyridine rings is 2. The third-order valence-electron chi connectivity index (χ3n) is 3.60. The molecule has 0 spiro atoms. The average molecular weight is 335 g/mol. The van der Waals surface area contributed by atoms with Gasteiger partial charge in [0.2, 0.25) is 0 Å². The molecular weight excluding hydrogens is 324 g/mol. The largest absolute Gasteiger partial charge is 0.254 e. The number of hydrogen-bond donors (Lipinski definition) is 0. The lowest BCUT2D eigenvalue weighted by Gasteiger charge is -2.07. The van der Waals surface area contributed by atoms with Crippen molar-refractivity contribution >= 4 is 37.7 Å². The first-order valence-corrected chi connectivity index (χ1v) is 7.50. The maximum absolute atomic E-state index is 4.53. The summed E-state index contributed by atoms with van der Waals surface area (Å²) in [4.78, 5) is 8.97. The average Bonchev–Trinajstić information content (AvgIpc) is 2.54. The molecule has 0 N–H and O–H groups in total. The van der Waals surface area contributed by atoms with Gasteiger partial charge in [-0.25, -0.2) is 0 Å². The summed E-state index contributed by atoms with van der Waals surface area (Å²) in [6.07, 6.45) is 3.72. The zero-order chi connectivity index (χ0) is 14.2. The van der Waals surface area contributed by atoms with Crippen LogP contribution in [-0.2, 0) is 0 Å². The Morgan fingerprint density at radius 2 is 1.52 bits per heavy atom. The topological polar surface area (TPSA) is 25.8 Å². The van der Waals surface area contributed by atoms with Crippen LogP contribution >= 0.6 is 15.9 Å². The van der Waals surface area contributed by atoms with Crippen molar-refractivity contribution in [3.8, 4) is 11.1 Å². The normalized spacial score (nSPS) is 11.1. The lowest BCUT2D eigenvalue weighted by atomic mass is 9.99. The summed E-state index contributed by atoms with van der Waals surface area (Å²) in [6, 6.07) is 18.8. The van der Waals surface area contributed by atoms with Crippen LogP contribution < -0.4 is 0 Å². The molecule has 21 heavy (non-hydrogen) atoms. The highest BCUT2D eigenvalue weighted by atomic mass is 79.9. The highest BCUT2D eigenvalue weighted by Gasteiger charge is 2.06. The van der Waals surface area contributed by atoms with Gasteiger partial charge in [0, 0.05) is 22.4 Å². The van der Waals surface area contributed by atoms with Gasteiger partial charge in [-0.2, -0.15) is 0 Å². The van der Waals surface area contributed by atoms with Crippen molar-refractivity contribution in [1.29, 1.82) is 0 Å². The summed E-state index contributed by atoms with van der Waals surface area (Å²) in [7, 11) is 0. The Kier molecular flexibility index (Phi) is 2.93. The fraction of sp³-hybridized carbons (Fsp3) is 0. The summed E-state index contributed by atoms with van der Waals surface area (Å²) in [5.41, 5.74) is 4.08. The first-order chi connectivity index (χ1) is 10.3.